The van der Waals surface area contributed by atoms with Crippen LogP contribution < -0.4 is 0 Å². The molecule has 1 aromatic carbocycles. The Kier molecular flexibility index (Phi) is 5.58. The van der Waals surface area contributed by atoms with Gasteiger partial charge in [-0.1, -0.05) is 22.9 Å². The lowest BCUT2D eigenvalue weighted by molar-refractivity contribution is 0.180. The molecule has 1 rings (SSSR count). The molecule has 0 aliphatic rings. The monoisotopic (exact) mass is 321 g/mol. The van der Waals surface area contributed by atoms with Crippen LogP contribution in [-0.4, -0.2) is 39.5 Å². The summed E-state index contributed by atoms with van der Waals surface area (Å²) in [5, 5.41) is 0. The lowest BCUT2D eigenvalue weighted by atomic mass is 10.4. The number of likely N-dealkylation sites (N-methyl/N-ethyl adjacent to an activating group) is 1. The van der Waals surface area contributed by atoms with Crippen LogP contribution in [0.3, 0.4) is 0 Å². The topological polar surface area (TPSA) is 46.6 Å². The zero-order valence-corrected chi connectivity index (χ0v) is 12.3. The molecule has 0 aliphatic carbocycles. The van der Waals surface area contributed by atoms with Gasteiger partial charge in [-0.15, -0.1) is 0 Å². The van der Waals surface area contributed by atoms with Gasteiger partial charge in [-0.05, 0) is 24.3 Å². The van der Waals surface area contributed by atoms with Crippen LogP contribution in [0.4, 0.5) is 0 Å². The summed E-state index contributed by atoms with van der Waals surface area (Å²) in [6, 6.07) is 6.62. The van der Waals surface area contributed by atoms with Crippen molar-refractivity contribution < 1.29 is 13.2 Å². The number of nitrogens with zero attached hydrogens (tertiary/aromatic N) is 1. The molecule has 6 heteroatoms. The van der Waals surface area contributed by atoms with Crippen molar-refractivity contribution in [2.75, 3.05) is 26.8 Å². The van der Waals surface area contributed by atoms with Crippen molar-refractivity contribution in [1.82, 2.24) is 4.31 Å². The highest BCUT2D eigenvalue weighted by molar-refractivity contribution is 9.10. The summed E-state index contributed by atoms with van der Waals surface area (Å²) in [6.07, 6.45) is 0. The number of hydrogen-bond acceptors (Lipinski definition) is 3. The van der Waals surface area contributed by atoms with Gasteiger partial charge >= 0.3 is 0 Å². The largest absolute Gasteiger partial charge is 0.383 e. The van der Waals surface area contributed by atoms with E-state index in [9.17, 15) is 8.42 Å². The number of halogens is 1. The van der Waals surface area contributed by atoms with E-state index < -0.39 is 10.0 Å². The molecule has 0 bridgehead atoms. The average molecular weight is 322 g/mol. The van der Waals surface area contributed by atoms with E-state index in [-0.39, 0.29) is 0 Å². The van der Waals surface area contributed by atoms with Crippen molar-refractivity contribution in [3.63, 3.8) is 0 Å². The minimum Gasteiger partial charge on any atom is -0.383 e. The third kappa shape index (κ3) is 3.77. The summed E-state index contributed by atoms with van der Waals surface area (Å²) in [5.41, 5.74) is 0. The summed E-state index contributed by atoms with van der Waals surface area (Å²) in [6.45, 7) is 3.00. The Balaban J connectivity index is 2.95. The van der Waals surface area contributed by atoms with Gasteiger partial charge in [0.2, 0.25) is 10.0 Å². The second-order valence-electron chi connectivity index (χ2n) is 3.44. The number of benzene rings is 1. The number of sulfonamides is 1. The summed E-state index contributed by atoms with van der Waals surface area (Å²) >= 11 is 3.28. The highest BCUT2D eigenvalue weighted by atomic mass is 79.9. The molecule has 0 amide bonds. The summed E-state index contributed by atoms with van der Waals surface area (Å²) in [4.78, 5) is 0.304. The molecule has 0 saturated carbocycles. The van der Waals surface area contributed by atoms with Crippen LogP contribution in [0, 0.1) is 0 Å². The van der Waals surface area contributed by atoms with Gasteiger partial charge < -0.3 is 4.74 Å². The van der Waals surface area contributed by atoms with Crippen LogP contribution in [0.25, 0.3) is 0 Å². The summed E-state index contributed by atoms with van der Waals surface area (Å²) in [7, 11) is -1.85. The van der Waals surface area contributed by atoms with E-state index in [1.807, 2.05) is 6.92 Å². The summed E-state index contributed by atoms with van der Waals surface area (Å²) < 4.78 is 31.6. The third-order valence-corrected chi connectivity index (χ3v) is 4.87. The zero-order valence-electron chi connectivity index (χ0n) is 9.89. The minimum absolute atomic E-state index is 0.304. The fourth-order valence-electron chi connectivity index (χ4n) is 1.40. The Morgan fingerprint density at radius 2 is 1.88 bits per heavy atom. The number of hydrogen-bond donors (Lipinski definition) is 0. The zero-order chi connectivity index (χ0) is 12.9. The number of rotatable bonds is 6. The number of methoxy groups -OCH3 is 1. The first kappa shape index (κ1) is 14.6. The van der Waals surface area contributed by atoms with E-state index in [1.54, 1.807) is 31.4 Å². The molecule has 0 unspecified atom stereocenters. The fourth-order valence-corrected chi connectivity index (χ4v) is 3.09. The molecular weight excluding hydrogens is 306 g/mol. The van der Waals surface area contributed by atoms with Crippen molar-refractivity contribution in [1.29, 1.82) is 0 Å². The van der Waals surface area contributed by atoms with Crippen LogP contribution in [0.15, 0.2) is 33.6 Å². The van der Waals surface area contributed by atoms with E-state index in [2.05, 4.69) is 15.9 Å². The average Bonchev–Trinajstić information content (AvgIpc) is 2.30. The van der Waals surface area contributed by atoms with Gasteiger partial charge in [0.15, 0.2) is 0 Å². The maximum Gasteiger partial charge on any atom is 0.243 e. The predicted octanol–water partition coefficient (Wildman–Crippen LogP) is 2.11. The first-order valence-electron chi connectivity index (χ1n) is 5.27. The first-order valence-corrected chi connectivity index (χ1v) is 7.50. The quantitative estimate of drug-likeness (QED) is 0.806. The van der Waals surface area contributed by atoms with E-state index >= 15 is 0 Å². The standard InChI is InChI=1S/C11H16BrNO3S/c1-3-13(8-9-16-2)17(14,15)11-6-4-10(12)5-7-11/h4-7H,3,8-9H2,1-2H3. The Bertz CT molecular complexity index is 444. The van der Waals surface area contributed by atoms with Gasteiger partial charge in [0.1, 0.15) is 0 Å². The molecule has 0 spiro atoms. The normalized spacial score (nSPS) is 12.0. The van der Waals surface area contributed by atoms with Crippen LogP contribution in [0.2, 0.25) is 0 Å². The van der Waals surface area contributed by atoms with Crippen molar-refractivity contribution in [3.8, 4) is 0 Å². The fraction of sp³-hybridized carbons (Fsp3) is 0.455. The molecule has 4 nitrogen and oxygen atoms in total. The smallest absolute Gasteiger partial charge is 0.243 e. The molecule has 0 fully saturated rings. The molecule has 0 N–H and O–H groups in total. The van der Waals surface area contributed by atoms with Crippen LogP contribution in [-0.2, 0) is 14.8 Å². The molecule has 0 atom stereocenters. The van der Waals surface area contributed by atoms with E-state index in [1.165, 1.54) is 4.31 Å². The highest BCUT2D eigenvalue weighted by Gasteiger charge is 2.22. The Hall–Kier alpha value is -0.430. The van der Waals surface area contributed by atoms with Gasteiger partial charge in [0.05, 0.1) is 11.5 Å². The molecule has 0 saturated heterocycles. The third-order valence-electron chi connectivity index (χ3n) is 2.35. The van der Waals surface area contributed by atoms with Crippen molar-refractivity contribution in [3.05, 3.63) is 28.7 Å². The SMILES string of the molecule is CCN(CCOC)S(=O)(=O)c1ccc(Br)cc1. The maximum atomic E-state index is 12.2. The Labute approximate surface area is 111 Å². The molecule has 0 radical (unpaired) electrons. The van der Waals surface area contributed by atoms with Gasteiger partial charge in [-0.25, -0.2) is 8.42 Å². The van der Waals surface area contributed by atoms with Gasteiger partial charge in [0.25, 0.3) is 0 Å². The van der Waals surface area contributed by atoms with E-state index in [0.717, 1.165) is 4.47 Å². The van der Waals surface area contributed by atoms with Gasteiger partial charge in [-0.2, -0.15) is 4.31 Å². The van der Waals surface area contributed by atoms with E-state index in [4.69, 9.17) is 4.74 Å². The number of ether oxygens (including phenoxy) is 1. The maximum absolute atomic E-state index is 12.2. The molecule has 17 heavy (non-hydrogen) atoms. The molecule has 0 aromatic heterocycles. The second kappa shape index (κ2) is 6.49. The minimum atomic E-state index is -3.41. The highest BCUT2D eigenvalue weighted by Crippen LogP contribution is 2.18. The van der Waals surface area contributed by atoms with Crippen LogP contribution >= 0.6 is 15.9 Å². The molecule has 96 valence electrons. The molecular formula is C11H16BrNO3S. The first-order chi connectivity index (χ1) is 8.02. The van der Waals surface area contributed by atoms with Crippen LogP contribution in [0.5, 0.6) is 0 Å². The van der Waals surface area contributed by atoms with Gasteiger partial charge in [0, 0.05) is 24.7 Å². The lowest BCUT2D eigenvalue weighted by Crippen LogP contribution is -2.33. The predicted molar refractivity (Wildman–Crippen MR) is 70.5 cm³/mol. The Morgan fingerprint density at radius 3 is 2.35 bits per heavy atom. The van der Waals surface area contributed by atoms with Crippen LogP contribution in [0.1, 0.15) is 6.92 Å². The van der Waals surface area contributed by atoms with Gasteiger partial charge in [-0.3, -0.25) is 0 Å². The summed E-state index contributed by atoms with van der Waals surface area (Å²) in [5.74, 6) is 0. The lowest BCUT2D eigenvalue weighted by Gasteiger charge is -2.20. The molecule has 0 heterocycles. The molecule has 1 aromatic rings. The van der Waals surface area contributed by atoms with Crippen molar-refractivity contribution in [2.45, 2.75) is 11.8 Å². The van der Waals surface area contributed by atoms with Crippen molar-refractivity contribution >= 4 is 26.0 Å². The molecule has 0 aliphatic heterocycles. The second-order valence-corrected chi connectivity index (χ2v) is 6.30. The van der Waals surface area contributed by atoms with Crippen molar-refractivity contribution in [2.24, 2.45) is 0 Å². The Morgan fingerprint density at radius 1 is 1.29 bits per heavy atom. The van der Waals surface area contributed by atoms with E-state index in [0.29, 0.717) is 24.6 Å².